The lowest BCUT2D eigenvalue weighted by Gasteiger charge is -2.26. The van der Waals surface area contributed by atoms with Gasteiger partial charge < -0.3 is 14.2 Å². The second-order valence-corrected chi connectivity index (χ2v) is 3.10. The Hall–Kier alpha value is -0.650. The van der Waals surface area contributed by atoms with E-state index in [1.165, 1.54) is 0 Å². The molecule has 5 nitrogen and oxygen atoms in total. The van der Waals surface area contributed by atoms with Crippen molar-refractivity contribution in [3.63, 3.8) is 0 Å². The quantitative estimate of drug-likeness (QED) is 0.607. The number of hydrogen-bond donors (Lipinski definition) is 1. The van der Waals surface area contributed by atoms with Crippen molar-refractivity contribution in [3.05, 3.63) is 0 Å². The molecule has 0 aromatic rings. The van der Waals surface area contributed by atoms with Gasteiger partial charge in [-0.05, 0) is 0 Å². The fourth-order valence-electron chi connectivity index (χ4n) is 1.35. The number of esters is 1. The Morgan fingerprint density at radius 2 is 2.08 bits per heavy atom. The lowest BCUT2D eigenvalue weighted by atomic mass is 10.3. The minimum atomic E-state index is -0.133. The Balaban J connectivity index is 1.51. The van der Waals surface area contributed by atoms with Gasteiger partial charge in [-0.3, -0.25) is 10.1 Å². The maximum atomic E-state index is 10.4. The lowest BCUT2D eigenvalue weighted by Crippen LogP contribution is -2.45. The summed E-state index contributed by atoms with van der Waals surface area (Å²) in [5, 5.41) is 3.07. The molecule has 5 heteroatoms. The topological polar surface area (TPSA) is 56.8 Å². The van der Waals surface area contributed by atoms with Crippen molar-refractivity contribution in [1.82, 2.24) is 5.32 Å². The van der Waals surface area contributed by atoms with Crippen LogP contribution in [0.3, 0.4) is 0 Å². The van der Waals surface area contributed by atoms with Crippen molar-refractivity contribution in [2.24, 2.45) is 0 Å². The Morgan fingerprint density at radius 3 is 2.69 bits per heavy atom. The van der Waals surface area contributed by atoms with Gasteiger partial charge in [-0.1, -0.05) is 0 Å². The van der Waals surface area contributed by atoms with Gasteiger partial charge in [0, 0.05) is 13.0 Å². The number of ether oxygens (including phenoxy) is 3. The molecule has 2 fully saturated rings. The zero-order chi connectivity index (χ0) is 9.10. The van der Waals surface area contributed by atoms with Crippen LogP contribution >= 0.6 is 0 Å². The summed E-state index contributed by atoms with van der Waals surface area (Å²) in [5.41, 5.74) is 0. The molecule has 0 bridgehead atoms. The van der Waals surface area contributed by atoms with Crippen molar-refractivity contribution in [3.8, 4) is 0 Å². The molecule has 2 heterocycles. The van der Waals surface area contributed by atoms with E-state index in [1.54, 1.807) is 0 Å². The molecule has 74 valence electrons. The highest BCUT2D eigenvalue weighted by Crippen LogP contribution is 2.11. The van der Waals surface area contributed by atoms with Crippen LogP contribution in [0.1, 0.15) is 12.8 Å². The molecule has 0 aromatic carbocycles. The number of rotatable bonds is 4. The molecule has 2 aliphatic rings. The minimum Gasteiger partial charge on any atom is -0.446 e. The van der Waals surface area contributed by atoms with Gasteiger partial charge in [0.05, 0.1) is 19.6 Å². The molecular formula is C8H13NO4. The first-order valence-electron chi connectivity index (χ1n) is 4.50. The third kappa shape index (κ3) is 2.40. The number of cyclic esters (lactones) is 1. The fraction of sp³-hybridized carbons (Fsp3) is 0.875. The maximum Gasteiger partial charge on any atom is 0.312 e. The summed E-state index contributed by atoms with van der Waals surface area (Å²) in [7, 11) is 0. The molecule has 1 unspecified atom stereocenters. The maximum absolute atomic E-state index is 10.4. The molecule has 0 aromatic heterocycles. The van der Waals surface area contributed by atoms with Gasteiger partial charge in [-0.25, -0.2) is 0 Å². The summed E-state index contributed by atoms with van der Waals surface area (Å²) in [6, 6.07) is 0. The largest absolute Gasteiger partial charge is 0.446 e. The summed E-state index contributed by atoms with van der Waals surface area (Å²) >= 11 is 0. The second-order valence-electron chi connectivity index (χ2n) is 3.10. The van der Waals surface area contributed by atoms with Crippen molar-refractivity contribution < 1.29 is 19.0 Å². The van der Waals surface area contributed by atoms with E-state index in [2.05, 4.69) is 5.32 Å². The molecule has 1 N–H and O–H groups in total. The van der Waals surface area contributed by atoms with Gasteiger partial charge in [0.1, 0.15) is 0 Å². The molecule has 0 amide bonds. The van der Waals surface area contributed by atoms with Crippen LogP contribution in [0.15, 0.2) is 0 Å². The van der Waals surface area contributed by atoms with E-state index < -0.39 is 0 Å². The fourth-order valence-corrected chi connectivity index (χ4v) is 1.35. The summed E-state index contributed by atoms with van der Waals surface area (Å²) in [6.07, 6.45) is 1.11. The second kappa shape index (κ2) is 4.04. The molecular weight excluding hydrogens is 174 g/mol. The zero-order valence-electron chi connectivity index (χ0n) is 7.32. The molecule has 0 radical (unpaired) electrons. The van der Waals surface area contributed by atoms with Gasteiger partial charge in [0.25, 0.3) is 0 Å². The van der Waals surface area contributed by atoms with Crippen LogP contribution in [0, 0.1) is 0 Å². The number of carbonyl (C=O) groups excluding carboxylic acids is 1. The van der Waals surface area contributed by atoms with Crippen molar-refractivity contribution >= 4 is 5.97 Å². The normalized spacial score (nSPS) is 28.6. The van der Waals surface area contributed by atoms with Crippen LogP contribution in [0.25, 0.3) is 0 Å². The summed E-state index contributed by atoms with van der Waals surface area (Å²) in [6.45, 7) is 2.12. The number of hydrogen-bond acceptors (Lipinski definition) is 5. The van der Waals surface area contributed by atoms with Crippen molar-refractivity contribution in [2.75, 3.05) is 19.8 Å². The highest BCUT2D eigenvalue weighted by molar-refractivity contribution is 5.74. The van der Waals surface area contributed by atoms with Crippen LogP contribution in [0.4, 0.5) is 0 Å². The minimum absolute atomic E-state index is 0.0803. The first-order chi connectivity index (χ1) is 6.34. The zero-order valence-corrected chi connectivity index (χ0v) is 7.32. The van der Waals surface area contributed by atoms with E-state index in [4.69, 9.17) is 14.2 Å². The van der Waals surface area contributed by atoms with Crippen LogP contribution in [0.2, 0.25) is 0 Å². The Bertz CT molecular complexity index is 183. The summed E-state index contributed by atoms with van der Waals surface area (Å²) in [5.74, 6) is -0.133. The SMILES string of the molecule is O=C1CC(NCCC2OCCO2)O1. The average Bonchev–Trinajstić information content (AvgIpc) is 2.53. The van der Waals surface area contributed by atoms with Crippen molar-refractivity contribution in [1.29, 1.82) is 0 Å². The van der Waals surface area contributed by atoms with Gasteiger partial charge in [0.15, 0.2) is 12.5 Å². The van der Waals surface area contributed by atoms with Crippen LogP contribution in [-0.4, -0.2) is 38.2 Å². The van der Waals surface area contributed by atoms with E-state index in [0.717, 1.165) is 13.0 Å². The summed E-state index contributed by atoms with van der Waals surface area (Å²) < 4.78 is 15.2. The number of carbonyl (C=O) groups is 1. The first kappa shape index (κ1) is 8.93. The monoisotopic (exact) mass is 187 g/mol. The van der Waals surface area contributed by atoms with Gasteiger partial charge in [0.2, 0.25) is 0 Å². The molecule has 0 saturated carbocycles. The molecule has 0 aliphatic carbocycles. The van der Waals surface area contributed by atoms with Crippen LogP contribution < -0.4 is 5.32 Å². The standard InChI is InChI=1S/C8H13NO4/c10-7-5-6(13-7)9-2-1-8-11-3-4-12-8/h6,8-9H,1-5H2. The third-order valence-corrected chi connectivity index (χ3v) is 2.07. The highest BCUT2D eigenvalue weighted by Gasteiger charge is 2.27. The number of nitrogens with one attached hydrogen (secondary N) is 1. The van der Waals surface area contributed by atoms with Gasteiger partial charge in [-0.15, -0.1) is 0 Å². The Labute approximate surface area is 76.3 Å². The average molecular weight is 187 g/mol. The molecule has 0 spiro atoms. The predicted octanol–water partition coefficient (Wildman–Crippen LogP) is -0.388. The van der Waals surface area contributed by atoms with Crippen molar-refractivity contribution in [2.45, 2.75) is 25.4 Å². The van der Waals surface area contributed by atoms with E-state index in [0.29, 0.717) is 19.6 Å². The molecule has 2 saturated heterocycles. The molecule has 2 rings (SSSR count). The Morgan fingerprint density at radius 1 is 1.38 bits per heavy atom. The van der Waals surface area contributed by atoms with E-state index in [9.17, 15) is 4.79 Å². The molecule has 2 aliphatic heterocycles. The molecule has 13 heavy (non-hydrogen) atoms. The van der Waals surface area contributed by atoms with Gasteiger partial charge >= 0.3 is 5.97 Å². The van der Waals surface area contributed by atoms with E-state index in [1.807, 2.05) is 0 Å². The lowest BCUT2D eigenvalue weighted by molar-refractivity contribution is -0.172. The van der Waals surface area contributed by atoms with Crippen LogP contribution in [0.5, 0.6) is 0 Å². The van der Waals surface area contributed by atoms with Gasteiger partial charge in [-0.2, -0.15) is 0 Å². The summed E-state index contributed by atoms with van der Waals surface area (Å²) in [4.78, 5) is 10.4. The van der Waals surface area contributed by atoms with E-state index in [-0.39, 0.29) is 18.5 Å². The van der Waals surface area contributed by atoms with E-state index >= 15 is 0 Å². The first-order valence-corrected chi connectivity index (χ1v) is 4.50. The molecule has 1 atom stereocenters. The smallest absolute Gasteiger partial charge is 0.312 e. The van der Waals surface area contributed by atoms with Crippen LogP contribution in [-0.2, 0) is 19.0 Å². The third-order valence-electron chi connectivity index (χ3n) is 2.07. The highest BCUT2D eigenvalue weighted by atomic mass is 16.7. The predicted molar refractivity (Wildman–Crippen MR) is 42.8 cm³/mol. The Kier molecular flexibility index (Phi) is 2.77.